The Morgan fingerprint density at radius 1 is 1.11 bits per heavy atom. The number of hydrogen-bond donors (Lipinski definition) is 1. The Hall–Kier alpha value is -2.76. The molecular weight excluding hydrogens is 350 g/mol. The minimum absolute atomic E-state index is 0.0711. The van der Waals surface area contributed by atoms with E-state index in [2.05, 4.69) is 41.4 Å². The molecule has 1 saturated heterocycles. The number of carbonyl (C=O) groups excluding carboxylic acids is 1. The molecule has 2 heterocycles. The molecule has 5 heteroatoms. The summed E-state index contributed by atoms with van der Waals surface area (Å²) in [6.45, 7) is 7.22. The second-order valence-corrected chi connectivity index (χ2v) is 7.20. The zero-order valence-corrected chi connectivity index (χ0v) is 16.3. The smallest absolute Gasteiger partial charge is 0.221 e. The normalized spacial score (nSPS) is 16.1. The van der Waals surface area contributed by atoms with Gasteiger partial charge < -0.3 is 10.1 Å². The van der Waals surface area contributed by atoms with Gasteiger partial charge in [-0.1, -0.05) is 30.3 Å². The summed E-state index contributed by atoms with van der Waals surface area (Å²) in [5.74, 6) is -0.0711. The van der Waals surface area contributed by atoms with Gasteiger partial charge in [0.15, 0.2) is 0 Å². The molecule has 0 aliphatic carbocycles. The van der Waals surface area contributed by atoms with E-state index >= 15 is 0 Å². The Kier molecular flexibility index (Phi) is 5.37. The summed E-state index contributed by atoms with van der Waals surface area (Å²) in [4.78, 5) is 18.6. The minimum Gasteiger partial charge on any atom is -0.379 e. The van der Waals surface area contributed by atoms with Crippen molar-refractivity contribution in [2.75, 3.05) is 31.6 Å². The summed E-state index contributed by atoms with van der Waals surface area (Å²) >= 11 is 0. The number of aromatic nitrogens is 1. The van der Waals surface area contributed by atoms with Gasteiger partial charge in [0, 0.05) is 42.7 Å². The monoisotopic (exact) mass is 375 g/mol. The first-order chi connectivity index (χ1) is 13.6. The number of hydrogen-bond acceptors (Lipinski definition) is 4. The van der Waals surface area contributed by atoms with Gasteiger partial charge >= 0.3 is 0 Å². The van der Waals surface area contributed by atoms with Gasteiger partial charge in [0.05, 0.1) is 24.4 Å². The van der Waals surface area contributed by atoms with Crippen molar-refractivity contribution in [1.29, 1.82) is 0 Å². The molecule has 4 rings (SSSR count). The van der Waals surface area contributed by atoms with Crippen LogP contribution in [0.2, 0.25) is 0 Å². The molecule has 1 aromatic heterocycles. The van der Waals surface area contributed by atoms with Crippen LogP contribution in [0.25, 0.3) is 22.2 Å². The lowest BCUT2D eigenvalue weighted by atomic mass is 9.98. The van der Waals surface area contributed by atoms with E-state index in [1.165, 1.54) is 17.9 Å². The third-order valence-electron chi connectivity index (χ3n) is 5.29. The maximum atomic E-state index is 11.2. The zero-order valence-electron chi connectivity index (χ0n) is 16.3. The lowest BCUT2D eigenvalue weighted by Crippen LogP contribution is -2.38. The van der Waals surface area contributed by atoms with Crippen molar-refractivity contribution >= 4 is 22.5 Å². The zero-order chi connectivity index (χ0) is 19.5. The third-order valence-corrected chi connectivity index (χ3v) is 5.29. The molecule has 1 amide bonds. The number of nitrogens with zero attached hydrogens (tertiary/aromatic N) is 2. The van der Waals surface area contributed by atoms with Crippen molar-refractivity contribution in [3.05, 3.63) is 60.2 Å². The molecule has 1 atom stereocenters. The van der Waals surface area contributed by atoms with Crippen LogP contribution in [-0.4, -0.2) is 42.1 Å². The maximum absolute atomic E-state index is 11.2. The number of ether oxygens (including phenoxy) is 1. The van der Waals surface area contributed by atoms with Crippen LogP contribution in [-0.2, 0) is 9.53 Å². The lowest BCUT2D eigenvalue weighted by molar-refractivity contribution is -0.114. The van der Waals surface area contributed by atoms with Crippen LogP contribution in [0.1, 0.15) is 25.5 Å². The third kappa shape index (κ3) is 3.91. The quantitative estimate of drug-likeness (QED) is 0.741. The first-order valence-electron chi connectivity index (χ1n) is 9.71. The number of carbonyl (C=O) groups is 1. The minimum atomic E-state index is -0.0711. The number of benzene rings is 2. The Morgan fingerprint density at radius 3 is 2.54 bits per heavy atom. The average Bonchev–Trinajstić information content (AvgIpc) is 2.73. The van der Waals surface area contributed by atoms with Gasteiger partial charge in [-0.05, 0) is 36.8 Å². The number of nitrogens with one attached hydrogen (secondary N) is 1. The average molecular weight is 375 g/mol. The summed E-state index contributed by atoms with van der Waals surface area (Å²) in [5, 5.41) is 4.00. The molecular formula is C23H25N3O2. The maximum Gasteiger partial charge on any atom is 0.221 e. The van der Waals surface area contributed by atoms with E-state index in [0.717, 1.165) is 48.8 Å². The Labute approximate surface area is 165 Å². The second kappa shape index (κ2) is 8.09. The van der Waals surface area contributed by atoms with E-state index in [1.54, 1.807) is 0 Å². The standard InChI is InChI=1S/C23H25N3O2/c1-16(26-11-13-28-14-12-26)21-15-23(25-22-6-4-3-5-20(21)22)18-7-9-19(10-8-18)24-17(2)27/h3-10,15-16H,11-14H2,1-2H3,(H,24,27). The molecule has 144 valence electrons. The highest BCUT2D eigenvalue weighted by Crippen LogP contribution is 2.32. The molecule has 1 fully saturated rings. The molecule has 1 N–H and O–H groups in total. The summed E-state index contributed by atoms with van der Waals surface area (Å²) in [5.41, 5.74) is 5.06. The van der Waals surface area contributed by atoms with Crippen molar-refractivity contribution in [3.63, 3.8) is 0 Å². The van der Waals surface area contributed by atoms with E-state index in [9.17, 15) is 4.79 Å². The first-order valence-corrected chi connectivity index (χ1v) is 9.71. The predicted octanol–water partition coefficient (Wildman–Crippen LogP) is 4.25. The Bertz CT molecular complexity index is 979. The SMILES string of the molecule is CC(=O)Nc1ccc(-c2cc(C(C)N3CCOCC3)c3ccccc3n2)cc1. The second-order valence-electron chi connectivity index (χ2n) is 7.20. The van der Waals surface area contributed by atoms with Crippen LogP contribution in [0.5, 0.6) is 0 Å². The van der Waals surface area contributed by atoms with Gasteiger partial charge in [-0.2, -0.15) is 0 Å². The molecule has 0 saturated carbocycles. The van der Waals surface area contributed by atoms with Gasteiger partial charge in [0.2, 0.25) is 5.91 Å². The van der Waals surface area contributed by atoms with E-state index in [4.69, 9.17) is 9.72 Å². The lowest BCUT2D eigenvalue weighted by Gasteiger charge is -2.33. The van der Waals surface area contributed by atoms with Gasteiger partial charge in [0.25, 0.3) is 0 Å². The molecule has 1 aliphatic heterocycles. The molecule has 28 heavy (non-hydrogen) atoms. The van der Waals surface area contributed by atoms with E-state index in [1.807, 2.05) is 30.3 Å². The topological polar surface area (TPSA) is 54.5 Å². The van der Waals surface area contributed by atoms with E-state index in [0.29, 0.717) is 0 Å². The number of pyridine rings is 1. The highest BCUT2D eigenvalue weighted by atomic mass is 16.5. The van der Waals surface area contributed by atoms with Gasteiger partial charge in [0.1, 0.15) is 0 Å². The summed E-state index contributed by atoms with van der Waals surface area (Å²) in [7, 11) is 0. The first kappa shape index (κ1) is 18.6. The Morgan fingerprint density at radius 2 is 1.82 bits per heavy atom. The molecule has 1 unspecified atom stereocenters. The van der Waals surface area contributed by atoms with Gasteiger partial charge in [-0.15, -0.1) is 0 Å². The van der Waals surface area contributed by atoms with Crippen molar-refractivity contribution in [3.8, 4) is 11.3 Å². The number of para-hydroxylation sites is 1. The predicted molar refractivity (Wildman–Crippen MR) is 112 cm³/mol. The summed E-state index contributed by atoms with van der Waals surface area (Å²) in [6, 6.07) is 18.7. The summed E-state index contributed by atoms with van der Waals surface area (Å²) in [6.07, 6.45) is 0. The van der Waals surface area contributed by atoms with Crippen LogP contribution >= 0.6 is 0 Å². The molecule has 0 radical (unpaired) electrons. The number of rotatable bonds is 4. The fraction of sp³-hybridized carbons (Fsp3) is 0.304. The van der Waals surface area contributed by atoms with Gasteiger partial charge in [-0.3, -0.25) is 9.69 Å². The number of amides is 1. The molecule has 0 bridgehead atoms. The molecule has 1 aliphatic rings. The fourth-order valence-corrected chi connectivity index (χ4v) is 3.78. The van der Waals surface area contributed by atoms with E-state index in [-0.39, 0.29) is 11.9 Å². The van der Waals surface area contributed by atoms with Crippen LogP contribution in [0.3, 0.4) is 0 Å². The van der Waals surface area contributed by atoms with Crippen molar-refractivity contribution in [2.24, 2.45) is 0 Å². The highest BCUT2D eigenvalue weighted by molar-refractivity contribution is 5.89. The van der Waals surface area contributed by atoms with Crippen LogP contribution in [0.4, 0.5) is 5.69 Å². The Balaban J connectivity index is 1.74. The van der Waals surface area contributed by atoms with Crippen molar-refractivity contribution in [1.82, 2.24) is 9.88 Å². The number of fused-ring (bicyclic) bond motifs is 1. The highest BCUT2D eigenvalue weighted by Gasteiger charge is 2.21. The molecule has 5 nitrogen and oxygen atoms in total. The number of morpholine rings is 1. The van der Waals surface area contributed by atoms with Crippen molar-refractivity contribution < 1.29 is 9.53 Å². The van der Waals surface area contributed by atoms with E-state index < -0.39 is 0 Å². The van der Waals surface area contributed by atoms with Gasteiger partial charge in [-0.25, -0.2) is 4.98 Å². The van der Waals surface area contributed by atoms with Crippen LogP contribution < -0.4 is 5.32 Å². The van der Waals surface area contributed by atoms with Crippen molar-refractivity contribution in [2.45, 2.75) is 19.9 Å². The fourth-order valence-electron chi connectivity index (χ4n) is 3.78. The van der Waals surface area contributed by atoms with Crippen LogP contribution in [0, 0.1) is 0 Å². The molecule has 0 spiro atoms. The largest absolute Gasteiger partial charge is 0.379 e. The van der Waals surface area contributed by atoms with Crippen LogP contribution in [0.15, 0.2) is 54.6 Å². The molecule has 3 aromatic rings. The summed E-state index contributed by atoms with van der Waals surface area (Å²) < 4.78 is 5.52. The molecule has 2 aromatic carbocycles. The number of anilines is 1.